The zero-order chi connectivity index (χ0) is 14.5. The quantitative estimate of drug-likeness (QED) is 0.834. The van der Waals surface area contributed by atoms with E-state index < -0.39 is 0 Å². The average molecular weight is 326 g/mol. The van der Waals surface area contributed by atoms with Crippen LogP contribution in [0.25, 0.3) is 0 Å². The first-order chi connectivity index (χ1) is 9.60. The lowest BCUT2D eigenvalue weighted by Gasteiger charge is -2.03. The Morgan fingerprint density at radius 2 is 2.25 bits per heavy atom. The molecule has 0 radical (unpaired) electrons. The molecule has 2 aromatic heterocycles. The lowest BCUT2D eigenvalue weighted by atomic mass is 10.2. The van der Waals surface area contributed by atoms with Crippen LogP contribution in [0.1, 0.15) is 15.9 Å². The van der Waals surface area contributed by atoms with E-state index in [9.17, 15) is 4.79 Å². The second-order valence-electron chi connectivity index (χ2n) is 3.63. The SMILES string of the molecule is NCC#Cc1ccnc(NC(=O)c2cc(Cl)sc2Cl)c1. The minimum Gasteiger partial charge on any atom is -0.320 e. The molecule has 0 unspecified atom stereocenters. The third-order valence-electron chi connectivity index (χ3n) is 2.24. The molecule has 0 aliphatic heterocycles. The number of hydrogen-bond donors (Lipinski definition) is 2. The first-order valence-electron chi connectivity index (χ1n) is 5.51. The molecule has 7 heteroatoms. The highest BCUT2D eigenvalue weighted by Crippen LogP contribution is 2.31. The molecule has 0 spiro atoms. The second-order valence-corrected chi connectivity index (χ2v) is 5.91. The summed E-state index contributed by atoms with van der Waals surface area (Å²) in [6, 6.07) is 4.90. The minimum absolute atomic E-state index is 0.271. The van der Waals surface area contributed by atoms with Crippen molar-refractivity contribution in [1.82, 2.24) is 4.98 Å². The van der Waals surface area contributed by atoms with E-state index in [2.05, 4.69) is 22.1 Å². The van der Waals surface area contributed by atoms with E-state index in [-0.39, 0.29) is 12.5 Å². The first kappa shape index (κ1) is 14.8. The van der Waals surface area contributed by atoms with E-state index in [1.54, 1.807) is 18.3 Å². The fourth-order valence-electron chi connectivity index (χ4n) is 1.41. The highest BCUT2D eigenvalue weighted by Gasteiger charge is 2.14. The summed E-state index contributed by atoms with van der Waals surface area (Å²) >= 11 is 12.9. The lowest BCUT2D eigenvalue weighted by molar-refractivity contribution is 0.102. The number of carbonyl (C=O) groups is 1. The van der Waals surface area contributed by atoms with Crippen LogP contribution in [-0.4, -0.2) is 17.4 Å². The molecule has 0 aromatic carbocycles. The van der Waals surface area contributed by atoms with Crippen LogP contribution in [0.15, 0.2) is 24.4 Å². The van der Waals surface area contributed by atoms with Crippen molar-refractivity contribution in [3.63, 3.8) is 0 Å². The number of pyridine rings is 1. The van der Waals surface area contributed by atoms with Crippen molar-refractivity contribution in [3.8, 4) is 11.8 Å². The lowest BCUT2D eigenvalue weighted by Crippen LogP contribution is -2.12. The van der Waals surface area contributed by atoms with Gasteiger partial charge in [-0.3, -0.25) is 4.79 Å². The van der Waals surface area contributed by atoms with Crippen molar-refractivity contribution in [2.24, 2.45) is 5.73 Å². The number of thiophene rings is 1. The molecule has 0 saturated heterocycles. The molecule has 2 rings (SSSR count). The van der Waals surface area contributed by atoms with E-state index in [4.69, 9.17) is 28.9 Å². The molecule has 4 nitrogen and oxygen atoms in total. The first-order valence-corrected chi connectivity index (χ1v) is 7.08. The topological polar surface area (TPSA) is 68.0 Å². The molecule has 0 bridgehead atoms. The Morgan fingerprint density at radius 3 is 2.90 bits per heavy atom. The summed E-state index contributed by atoms with van der Waals surface area (Å²) in [5, 5.41) is 2.64. The van der Waals surface area contributed by atoms with Gasteiger partial charge in [-0.15, -0.1) is 11.3 Å². The van der Waals surface area contributed by atoms with Crippen LogP contribution in [0.4, 0.5) is 5.82 Å². The fourth-order valence-corrected chi connectivity index (χ4v) is 2.87. The number of amides is 1. The number of anilines is 1. The Balaban J connectivity index is 2.17. The zero-order valence-electron chi connectivity index (χ0n) is 10.1. The Bertz CT molecular complexity index is 703. The molecule has 2 aromatic rings. The molecule has 0 aliphatic rings. The molecular formula is C13H9Cl2N3OS. The fraction of sp³-hybridized carbons (Fsp3) is 0.0769. The van der Waals surface area contributed by atoms with Crippen molar-refractivity contribution in [1.29, 1.82) is 0 Å². The molecule has 20 heavy (non-hydrogen) atoms. The van der Waals surface area contributed by atoms with Crippen molar-refractivity contribution >= 4 is 46.3 Å². The van der Waals surface area contributed by atoms with Crippen molar-refractivity contribution in [2.45, 2.75) is 0 Å². The number of halogens is 2. The minimum atomic E-state index is -0.366. The Morgan fingerprint density at radius 1 is 1.45 bits per heavy atom. The van der Waals surface area contributed by atoms with Crippen molar-refractivity contribution < 1.29 is 4.79 Å². The van der Waals surface area contributed by atoms with Gasteiger partial charge in [0.1, 0.15) is 10.2 Å². The maximum atomic E-state index is 12.0. The van der Waals surface area contributed by atoms with Crippen molar-refractivity contribution in [2.75, 3.05) is 11.9 Å². The summed E-state index contributed by atoms with van der Waals surface area (Å²) in [4.78, 5) is 16.1. The Kier molecular flexibility index (Phi) is 4.99. The van der Waals surface area contributed by atoms with Gasteiger partial charge in [-0.2, -0.15) is 0 Å². The van der Waals surface area contributed by atoms with Crippen molar-refractivity contribution in [3.05, 3.63) is 44.2 Å². The highest BCUT2D eigenvalue weighted by atomic mass is 35.5. The van der Waals surface area contributed by atoms with Gasteiger partial charge in [-0.05, 0) is 18.2 Å². The van der Waals surface area contributed by atoms with Crippen LogP contribution in [0, 0.1) is 11.8 Å². The van der Waals surface area contributed by atoms with Gasteiger partial charge in [-0.1, -0.05) is 35.0 Å². The van der Waals surface area contributed by atoms with Gasteiger partial charge < -0.3 is 11.1 Å². The van der Waals surface area contributed by atoms with Crippen LogP contribution in [0.2, 0.25) is 8.67 Å². The maximum absolute atomic E-state index is 12.0. The standard InChI is InChI=1S/C13H9Cl2N3OS/c14-10-7-9(12(15)20-10)13(19)18-11-6-8(2-1-4-16)3-5-17-11/h3,5-7H,4,16H2,(H,17,18,19). The van der Waals surface area contributed by atoms with E-state index in [0.717, 1.165) is 16.9 Å². The molecule has 2 heterocycles. The number of aromatic nitrogens is 1. The summed E-state index contributed by atoms with van der Waals surface area (Å²) in [7, 11) is 0. The maximum Gasteiger partial charge on any atom is 0.259 e. The summed E-state index contributed by atoms with van der Waals surface area (Å²) < 4.78 is 0.794. The number of nitrogens with two attached hydrogens (primary N) is 1. The van der Waals surface area contributed by atoms with Gasteiger partial charge in [0.15, 0.2) is 0 Å². The van der Waals surface area contributed by atoms with E-state index >= 15 is 0 Å². The van der Waals surface area contributed by atoms with Crippen LogP contribution in [0.3, 0.4) is 0 Å². The Hall–Kier alpha value is -1.58. The predicted octanol–water partition coefficient (Wildman–Crippen LogP) is 3.01. The summed E-state index contributed by atoms with van der Waals surface area (Å²) in [6.07, 6.45) is 1.55. The molecule has 3 N–H and O–H groups in total. The number of nitrogens with one attached hydrogen (secondary N) is 1. The second kappa shape index (κ2) is 6.73. The molecule has 102 valence electrons. The van der Waals surface area contributed by atoms with E-state index in [0.29, 0.717) is 20.1 Å². The molecule has 0 aliphatic carbocycles. The summed E-state index contributed by atoms with van der Waals surface area (Å²) in [5.41, 5.74) is 6.34. The molecule has 0 saturated carbocycles. The summed E-state index contributed by atoms with van der Waals surface area (Å²) in [5.74, 6) is 5.61. The number of hydrogen-bond acceptors (Lipinski definition) is 4. The van der Waals surface area contributed by atoms with Gasteiger partial charge in [0, 0.05) is 11.8 Å². The van der Waals surface area contributed by atoms with Gasteiger partial charge >= 0.3 is 0 Å². The monoisotopic (exact) mass is 325 g/mol. The molecule has 0 atom stereocenters. The van der Waals surface area contributed by atoms with Gasteiger partial charge in [0.05, 0.1) is 16.4 Å². The third kappa shape index (κ3) is 3.71. The number of nitrogens with zero attached hydrogens (tertiary/aromatic N) is 1. The van der Waals surface area contributed by atoms with Crippen LogP contribution < -0.4 is 11.1 Å². The predicted molar refractivity (Wildman–Crippen MR) is 82.5 cm³/mol. The average Bonchev–Trinajstić information content (AvgIpc) is 2.76. The van der Waals surface area contributed by atoms with Crippen LogP contribution >= 0.6 is 34.5 Å². The Labute approximate surface area is 129 Å². The molecule has 0 fully saturated rings. The number of carbonyl (C=O) groups excluding carboxylic acids is 1. The van der Waals surface area contributed by atoms with Crippen LogP contribution in [0.5, 0.6) is 0 Å². The zero-order valence-corrected chi connectivity index (χ0v) is 12.4. The van der Waals surface area contributed by atoms with E-state index in [1.165, 1.54) is 6.07 Å². The van der Waals surface area contributed by atoms with Gasteiger partial charge in [-0.25, -0.2) is 4.98 Å². The van der Waals surface area contributed by atoms with Crippen LogP contribution in [-0.2, 0) is 0 Å². The van der Waals surface area contributed by atoms with E-state index in [1.807, 2.05) is 0 Å². The smallest absolute Gasteiger partial charge is 0.259 e. The third-order valence-corrected chi connectivity index (χ3v) is 3.73. The van der Waals surface area contributed by atoms with Gasteiger partial charge in [0.25, 0.3) is 5.91 Å². The molecule has 1 amide bonds. The highest BCUT2D eigenvalue weighted by molar-refractivity contribution is 7.20. The number of rotatable bonds is 2. The summed E-state index contributed by atoms with van der Waals surface area (Å²) in [6.45, 7) is 0.271. The van der Waals surface area contributed by atoms with Gasteiger partial charge in [0.2, 0.25) is 0 Å². The molecular weight excluding hydrogens is 317 g/mol. The normalized spacial score (nSPS) is 9.75. The largest absolute Gasteiger partial charge is 0.320 e.